The van der Waals surface area contributed by atoms with Crippen LogP contribution in [0.15, 0.2) is 0 Å². The van der Waals surface area contributed by atoms with Gasteiger partial charge in [0.1, 0.15) is 0 Å². The lowest BCUT2D eigenvalue weighted by atomic mass is 9.69. The van der Waals surface area contributed by atoms with Crippen molar-refractivity contribution in [3.63, 3.8) is 0 Å². The summed E-state index contributed by atoms with van der Waals surface area (Å²) in [6.45, 7) is 4.44. The molecule has 19 heavy (non-hydrogen) atoms. The Hall–Kier alpha value is -0.570. The summed E-state index contributed by atoms with van der Waals surface area (Å²) < 4.78 is 5.57. The first-order valence-electron chi connectivity index (χ1n) is 8.08. The molecule has 0 aliphatic heterocycles. The van der Waals surface area contributed by atoms with Crippen molar-refractivity contribution in [2.45, 2.75) is 64.7 Å². The predicted molar refractivity (Wildman–Crippen MR) is 77.0 cm³/mol. The van der Waals surface area contributed by atoms with E-state index in [1.54, 1.807) is 0 Å². The number of hydrogen-bond donors (Lipinski definition) is 1. The Morgan fingerprint density at radius 1 is 1.21 bits per heavy atom. The molecular weight excluding hydrogens is 238 g/mol. The molecule has 2 aliphatic carbocycles. The van der Waals surface area contributed by atoms with Crippen LogP contribution < -0.4 is 5.32 Å². The minimum atomic E-state index is 0.248. The van der Waals surface area contributed by atoms with E-state index in [9.17, 15) is 4.79 Å². The van der Waals surface area contributed by atoms with Gasteiger partial charge in [-0.2, -0.15) is 0 Å². The van der Waals surface area contributed by atoms with E-state index in [2.05, 4.69) is 5.32 Å². The lowest BCUT2D eigenvalue weighted by molar-refractivity contribution is -0.123. The third-order valence-corrected chi connectivity index (χ3v) is 4.89. The van der Waals surface area contributed by atoms with Crippen molar-refractivity contribution in [3.05, 3.63) is 0 Å². The van der Waals surface area contributed by atoms with E-state index in [0.29, 0.717) is 5.92 Å². The molecule has 0 bridgehead atoms. The molecule has 0 saturated heterocycles. The minimum absolute atomic E-state index is 0.248. The van der Waals surface area contributed by atoms with E-state index in [4.69, 9.17) is 4.74 Å². The quantitative estimate of drug-likeness (QED) is 0.768. The van der Waals surface area contributed by atoms with Gasteiger partial charge < -0.3 is 10.1 Å². The lowest BCUT2D eigenvalue weighted by Crippen LogP contribution is -2.45. The highest BCUT2D eigenvalue weighted by atomic mass is 16.5. The molecule has 0 heterocycles. The maximum absolute atomic E-state index is 12.0. The van der Waals surface area contributed by atoms with Crippen LogP contribution in [-0.4, -0.2) is 25.7 Å². The average Bonchev–Trinajstić information content (AvgIpc) is 2.38. The largest absolute Gasteiger partial charge is 0.381 e. The fourth-order valence-electron chi connectivity index (χ4n) is 3.38. The van der Waals surface area contributed by atoms with Crippen molar-refractivity contribution in [1.82, 2.24) is 5.32 Å². The second-order valence-corrected chi connectivity index (χ2v) is 6.48. The van der Waals surface area contributed by atoms with Crippen molar-refractivity contribution < 1.29 is 9.53 Å². The summed E-state index contributed by atoms with van der Waals surface area (Å²) >= 11 is 0. The van der Waals surface area contributed by atoms with E-state index in [0.717, 1.165) is 26.2 Å². The van der Waals surface area contributed by atoms with Crippen LogP contribution in [0.1, 0.15) is 64.7 Å². The molecule has 1 N–H and O–H groups in total. The molecule has 110 valence electrons. The van der Waals surface area contributed by atoms with Crippen molar-refractivity contribution in [1.29, 1.82) is 0 Å². The Bertz CT molecular complexity index is 280. The van der Waals surface area contributed by atoms with Crippen LogP contribution in [0, 0.1) is 11.3 Å². The number of amides is 1. The Morgan fingerprint density at radius 3 is 2.53 bits per heavy atom. The fraction of sp³-hybridized carbons (Fsp3) is 0.938. The summed E-state index contributed by atoms with van der Waals surface area (Å²) in [6, 6.07) is 0. The molecule has 2 fully saturated rings. The molecule has 0 radical (unpaired) electrons. The number of carbonyl (C=O) groups excluding carboxylic acids is 1. The molecule has 0 aromatic heterocycles. The van der Waals surface area contributed by atoms with Crippen LogP contribution in [0.2, 0.25) is 0 Å². The van der Waals surface area contributed by atoms with Gasteiger partial charge in [-0.05, 0) is 38.5 Å². The molecular formula is C16H29NO2. The fourth-order valence-corrected chi connectivity index (χ4v) is 3.38. The maximum atomic E-state index is 12.0. The second-order valence-electron chi connectivity index (χ2n) is 6.48. The van der Waals surface area contributed by atoms with Crippen LogP contribution >= 0.6 is 0 Å². The van der Waals surface area contributed by atoms with Gasteiger partial charge >= 0.3 is 0 Å². The molecule has 0 atom stereocenters. The van der Waals surface area contributed by atoms with Gasteiger partial charge in [0, 0.05) is 25.0 Å². The molecule has 2 aliphatic rings. The van der Waals surface area contributed by atoms with Crippen LogP contribution in [-0.2, 0) is 9.53 Å². The smallest absolute Gasteiger partial charge is 0.220 e. The molecule has 0 spiro atoms. The van der Waals surface area contributed by atoms with Crippen LogP contribution in [0.5, 0.6) is 0 Å². The summed E-state index contributed by atoms with van der Waals surface area (Å²) in [5.41, 5.74) is 0.248. The zero-order chi connectivity index (χ0) is 13.6. The van der Waals surface area contributed by atoms with E-state index in [1.807, 2.05) is 6.92 Å². The molecule has 0 aromatic rings. The lowest BCUT2D eigenvalue weighted by Gasteiger charge is -2.41. The topological polar surface area (TPSA) is 38.3 Å². The predicted octanol–water partition coefficient (Wildman–Crippen LogP) is 3.28. The Kier molecular flexibility index (Phi) is 5.68. The molecule has 0 unspecified atom stereocenters. The van der Waals surface area contributed by atoms with E-state index >= 15 is 0 Å². The average molecular weight is 267 g/mol. The third kappa shape index (κ3) is 4.48. The first-order chi connectivity index (χ1) is 9.24. The molecule has 0 aromatic carbocycles. The first-order valence-corrected chi connectivity index (χ1v) is 8.08. The SMILES string of the molecule is CCOCC1(CNC(=O)CC2CCCCC2)CCC1. The summed E-state index contributed by atoms with van der Waals surface area (Å²) in [5, 5.41) is 3.16. The van der Waals surface area contributed by atoms with Crippen molar-refractivity contribution in [2.24, 2.45) is 11.3 Å². The Balaban J connectivity index is 1.66. The Labute approximate surface area is 117 Å². The molecule has 2 rings (SSSR count). The molecule has 3 heteroatoms. The number of rotatable bonds is 7. The second kappa shape index (κ2) is 7.28. The van der Waals surface area contributed by atoms with Gasteiger partial charge in [0.25, 0.3) is 0 Å². The first kappa shape index (κ1) is 14.8. The zero-order valence-corrected chi connectivity index (χ0v) is 12.4. The normalized spacial score (nSPS) is 22.8. The van der Waals surface area contributed by atoms with Gasteiger partial charge in [-0.25, -0.2) is 0 Å². The van der Waals surface area contributed by atoms with Gasteiger partial charge in [0.2, 0.25) is 5.91 Å². The number of carbonyl (C=O) groups is 1. The standard InChI is InChI=1S/C16H29NO2/c1-2-19-13-16(9-6-10-16)12-17-15(18)11-14-7-4-3-5-8-14/h14H,2-13H2,1H3,(H,17,18). The van der Waals surface area contributed by atoms with Gasteiger partial charge in [0.15, 0.2) is 0 Å². The minimum Gasteiger partial charge on any atom is -0.381 e. The summed E-state index contributed by atoms with van der Waals surface area (Å²) in [4.78, 5) is 12.0. The highest BCUT2D eigenvalue weighted by Crippen LogP contribution is 2.40. The summed E-state index contributed by atoms with van der Waals surface area (Å²) in [6.07, 6.45) is 10.9. The van der Waals surface area contributed by atoms with Crippen LogP contribution in [0.3, 0.4) is 0 Å². The zero-order valence-electron chi connectivity index (χ0n) is 12.4. The van der Waals surface area contributed by atoms with E-state index in [-0.39, 0.29) is 11.3 Å². The third-order valence-electron chi connectivity index (χ3n) is 4.89. The van der Waals surface area contributed by atoms with Gasteiger partial charge in [-0.3, -0.25) is 4.79 Å². The number of nitrogens with one attached hydrogen (secondary N) is 1. The highest BCUT2D eigenvalue weighted by molar-refractivity contribution is 5.76. The van der Waals surface area contributed by atoms with Crippen LogP contribution in [0.4, 0.5) is 0 Å². The van der Waals surface area contributed by atoms with Gasteiger partial charge in [0.05, 0.1) is 6.61 Å². The van der Waals surface area contributed by atoms with E-state index in [1.165, 1.54) is 51.4 Å². The van der Waals surface area contributed by atoms with Crippen molar-refractivity contribution in [2.75, 3.05) is 19.8 Å². The van der Waals surface area contributed by atoms with Gasteiger partial charge in [-0.1, -0.05) is 25.7 Å². The summed E-state index contributed by atoms with van der Waals surface area (Å²) in [7, 11) is 0. The van der Waals surface area contributed by atoms with Gasteiger partial charge in [-0.15, -0.1) is 0 Å². The molecule has 3 nitrogen and oxygen atoms in total. The maximum Gasteiger partial charge on any atom is 0.220 e. The van der Waals surface area contributed by atoms with Crippen molar-refractivity contribution in [3.8, 4) is 0 Å². The number of hydrogen-bond acceptors (Lipinski definition) is 2. The molecule has 1 amide bonds. The summed E-state index contributed by atoms with van der Waals surface area (Å²) in [5.74, 6) is 0.896. The van der Waals surface area contributed by atoms with Crippen molar-refractivity contribution >= 4 is 5.91 Å². The molecule has 2 saturated carbocycles. The van der Waals surface area contributed by atoms with E-state index < -0.39 is 0 Å². The van der Waals surface area contributed by atoms with Crippen LogP contribution in [0.25, 0.3) is 0 Å². The monoisotopic (exact) mass is 267 g/mol. The Morgan fingerprint density at radius 2 is 1.95 bits per heavy atom. The highest BCUT2D eigenvalue weighted by Gasteiger charge is 2.37. The number of ether oxygens (including phenoxy) is 1.